The molecule has 0 saturated carbocycles. The van der Waals surface area contributed by atoms with E-state index in [4.69, 9.17) is 9.52 Å². The van der Waals surface area contributed by atoms with Crippen LogP contribution in [0.3, 0.4) is 0 Å². The number of hydrogen-bond donors (Lipinski definition) is 2. The van der Waals surface area contributed by atoms with Crippen molar-refractivity contribution in [1.29, 1.82) is 0 Å². The Hall–Kier alpha value is -3.75. The zero-order chi connectivity index (χ0) is 18.7. The van der Waals surface area contributed by atoms with Gasteiger partial charge >= 0.3 is 5.97 Å². The first-order valence-electron chi connectivity index (χ1n) is 7.60. The molecule has 0 unspecified atom stereocenters. The Morgan fingerprint density at radius 3 is 2.69 bits per heavy atom. The number of oxazole rings is 1. The molecular formula is C17H13N3O6. The van der Waals surface area contributed by atoms with E-state index in [1.807, 2.05) is 0 Å². The number of carboxylic acid groups (broad SMARTS) is 1. The summed E-state index contributed by atoms with van der Waals surface area (Å²) in [6.45, 7) is 0. The van der Waals surface area contributed by atoms with E-state index in [0.29, 0.717) is 22.4 Å². The smallest absolute Gasteiger partial charge is 0.303 e. The van der Waals surface area contributed by atoms with Crippen molar-refractivity contribution in [1.82, 2.24) is 4.98 Å². The lowest BCUT2D eigenvalue weighted by atomic mass is 10.1. The lowest BCUT2D eigenvalue weighted by molar-refractivity contribution is -0.384. The molecule has 3 aromatic rings. The Balaban J connectivity index is 1.92. The molecule has 0 aliphatic rings. The summed E-state index contributed by atoms with van der Waals surface area (Å²) >= 11 is 0. The van der Waals surface area contributed by atoms with E-state index in [0.717, 1.165) is 0 Å². The SMILES string of the molecule is O=C(O)CCC(=O)Nc1ccccc1-c1nc2cc([N+](=O)[O-])ccc2o1. The summed E-state index contributed by atoms with van der Waals surface area (Å²) in [7, 11) is 0. The number of nitro benzene ring substituents is 1. The standard InChI is InChI=1S/C17H13N3O6/c21-15(7-8-16(22)23)18-12-4-2-1-3-11(12)17-19-13-9-10(20(24)25)5-6-14(13)26-17/h1-6,9H,7-8H2,(H,18,21)(H,22,23). The molecule has 0 atom stereocenters. The van der Waals surface area contributed by atoms with Gasteiger partial charge in [0.2, 0.25) is 11.8 Å². The number of amides is 1. The second-order valence-corrected chi connectivity index (χ2v) is 5.42. The average Bonchev–Trinajstić information content (AvgIpc) is 3.03. The second-order valence-electron chi connectivity index (χ2n) is 5.42. The van der Waals surface area contributed by atoms with Crippen molar-refractivity contribution >= 4 is 34.4 Å². The number of nitrogens with zero attached hydrogens (tertiary/aromatic N) is 2. The summed E-state index contributed by atoms with van der Waals surface area (Å²) in [5.74, 6) is -1.32. The largest absolute Gasteiger partial charge is 0.481 e. The molecule has 2 aromatic carbocycles. The van der Waals surface area contributed by atoms with Crippen molar-refractivity contribution in [2.24, 2.45) is 0 Å². The Bertz CT molecular complexity index is 1010. The molecule has 0 spiro atoms. The van der Waals surface area contributed by atoms with E-state index in [-0.39, 0.29) is 24.4 Å². The van der Waals surface area contributed by atoms with E-state index < -0.39 is 16.8 Å². The monoisotopic (exact) mass is 355 g/mol. The van der Waals surface area contributed by atoms with Crippen molar-refractivity contribution < 1.29 is 24.0 Å². The Labute approximate surface area is 146 Å². The number of nitro groups is 1. The van der Waals surface area contributed by atoms with Crippen LogP contribution < -0.4 is 5.32 Å². The average molecular weight is 355 g/mol. The number of non-ortho nitro benzene ring substituents is 1. The molecule has 9 heteroatoms. The van der Waals surface area contributed by atoms with Crippen molar-refractivity contribution in [3.8, 4) is 11.5 Å². The van der Waals surface area contributed by atoms with E-state index in [2.05, 4.69) is 10.3 Å². The summed E-state index contributed by atoms with van der Waals surface area (Å²) < 4.78 is 5.63. The normalized spacial score (nSPS) is 10.6. The maximum Gasteiger partial charge on any atom is 0.303 e. The number of para-hydroxylation sites is 1. The lowest BCUT2D eigenvalue weighted by Gasteiger charge is -2.08. The van der Waals surface area contributed by atoms with Crippen LogP contribution in [0.5, 0.6) is 0 Å². The van der Waals surface area contributed by atoms with Crippen LogP contribution in [0.4, 0.5) is 11.4 Å². The highest BCUT2D eigenvalue weighted by Gasteiger charge is 2.16. The van der Waals surface area contributed by atoms with Crippen LogP contribution >= 0.6 is 0 Å². The van der Waals surface area contributed by atoms with Gasteiger partial charge in [0.1, 0.15) is 5.52 Å². The summed E-state index contributed by atoms with van der Waals surface area (Å²) in [5.41, 5.74) is 1.48. The molecule has 1 heterocycles. The molecule has 26 heavy (non-hydrogen) atoms. The fraction of sp³-hybridized carbons (Fsp3) is 0.118. The molecular weight excluding hydrogens is 342 g/mol. The molecule has 0 radical (unpaired) electrons. The number of rotatable bonds is 6. The van der Waals surface area contributed by atoms with Gasteiger partial charge < -0.3 is 14.8 Å². The number of hydrogen-bond acceptors (Lipinski definition) is 6. The van der Waals surface area contributed by atoms with Gasteiger partial charge in [0.05, 0.1) is 22.6 Å². The lowest BCUT2D eigenvalue weighted by Crippen LogP contribution is -2.13. The van der Waals surface area contributed by atoms with Crippen molar-refractivity contribution in [2.45, 2.75) is 12.8 Å². The minimum Gasteiger partial charge on any atom is -0.481 e. The van der Waals surface area contributed by atoms with Gasteiger partial charge in [-0.1, -0.05) is 12.1 Å². The van der Waals surface area contributed by atoms with Gasteiger partial charge in [0, 0.05) is 18.6 Å². The first-order chi connectivity index (χ1) is 12.4. The third-order valence-corrected chi connectivity index (χ3v) is 3.58. The molecule has 3 rings (SSSR count). The predicted molar refractivity (Wildman–Crippen MR) is 91.6 cm³/mol. The quantitative estimate of drug-likeness (QED) is 0.512. The van der Waals surface area contributed by atoms with Crippen molar-refractivity contribution in [3.63, 3.8) is 0 Å². The Kier molecular flexibility index (Phi) is 4.61. The molecule has 0 saturated heterocycles. The third kappa shape index (κ3) is 3.66. The third-order valence-electron chi connectivity index (χ3n) is 3.58. The van der Waals surface area contributed by atoms with Crippen LogP contribution in [-0.4, -0.2) is 26.9 Å². The Morgan fingerprint density at radius 1 is 1.19 bits per heavy atom. The van der Waals surface area contributed by atoms with Crippen molar-refractivity contribution in [3.05, 3.63) is 52.6 Å². The maximum absolute atomic E-state index is 11.9. The fourth-order valence-corrected chi connectivity index (χ4v) is 2.36. The van der Waals surface area contributed by atoms with Gasteiger partial charge in [0.25, 0.3) is 5.69 Å². The first-order valence-corrected chi connectivity index (χ1v) is 7.60. The number of benzene rings is 2. The Morgan fingerprint density at radius 2 is 1.96 bits per heavy atom. The molecule has 0 bridgehead atoms. The van der Waals surface area contributed by atoms with Gasteiger partial charge in [-0.05, 0) is 18.2 Å². The maximum atomic E-state index is 11.9. The highest BCUT2D eigenvalue weighted by atomic mass is 16.6. The molecule has 132 valence electrons. The number of aromatic nitrogens is 1. The zero-order valence-electron chi connectivity index (χ0n) is 13.3. The predicted octanol–water partition coefficient (Wildman–Crippen LogP) is 3.21. The molecule has 0 aliphatic heterocycles. The summed E-state index contributed by atoms with van der Waals surface area (Å²) in [5, 5.41) is 22.1. The van der Waals surface area contributed by atoms with Gasteiger partial charge in [-0.25, -0.2) is 4.98 Å². The number of carbonyl (C=O) groups is 2. The van der Waals surface area contributed by atoms with E-state index in [9.17, 15) is 19.7 Å². The molecule has 9 nitrogen and oxygen atoms in total. The summed E-state index contributed by atoms with van der Waals surface area (Å²) in [4.78, 5) is 37.1. The van der Waals surface area contributed by atoms with Crippen molar-refractivity contribution in [2.75, 3.05) is 5.32 Å². The highest BCUT2D eigenvalue weighted by Crippen LogP contribution is 2.31. The molecule has 1 amide bonds. The van der Waals surface area contributed by atoms with Gasteiger partial charge in [0.15, 0.2) is 5.58 Å². The summed E-state index contributed by atoms with van der Waals surface area (Å²) in [6.07, 6.45) is -0.440. The minimum absolute atomic E-state index is 0.104. The number of nitrogens with one attached hydrogen (secondary N) is 1. The van der Waals surface area contributed by atoms with Gasteiger partial charge in [-0.3, -0.25) is 19.7 Å². The second kappa shape index (κ2) is 7.01. The number of aliphatic carboxylic acids is 1. The molecule has 0 aliphatic carbocycles. The zero-order valence-corrected chi connectivity index (χ0v) is 13.3. The minimum atomic E-state index is -1.06. The topological polar surface area (TPSA) is 136 Å². The molecule has 2 N–H and O–H groups in total. The van der Waals surface area contributed by atoms with Crippen LogP contribution in [0.25, 0.3) is 22.6 Å². The number of fused-ring (bicyclic) bond motifs is 1. The number of carbonyl (C=O) groups excluding carboxylic acids is 1. The van der Waals surface area contributed by atoms with Crippen LogP contribution in [0.15, 0.2) is 46.9 Å². The first kappa shape index (κ1) is 17.1. The summed E-state index contributed by atoms with van der Waals surface area (Å²) in [6, 6.07) is 10.8. The fourth-order valence-electron chi connectivity index (χ4n) is 2.36. The van der Waals surface area contributed by atoms with E-state index in [1.165, 1.54) is 18.2 Å². The number of anilines is 1. The molecule has 0 fully saturated rings. The van der Waals surface area contributed by atoms with Crippen LogP contribution in [0.2, 0.25) is 0 Å². The van der Waals surface area contributed by atoms with Gasteiger partial charge in [-0.2, -0.15) is 0 Å². The van der Waals surface area contributed by atoms with Crippen LogP contribution in [0, 0.1) is 10.1 Å². The van der Waals surface area contributed by atoms with Gasteiger partial charge in [-0.15, -0.1) is 0 Å². The highest BCUT2D eigenvalue weighted by molar-refractivity contribution is 5.96. The number of carboxylic acids is 1. The van der Waals surface area contributed by atoms with Crippen LogP contribution in [-0.2, 0) is 9.59 Å². The van der Waals surface area contributed by atoms with Crippen LogP contribution in [0.1, 0.15) is 12.8 Å². The van der Waals surface area contributed by atoms with E-state index >= 15 is 0 Å². The molecule has 1 aromatic heterocycles. The van der Waals surface area contributed by atoms with E-state index in [1.54, 1.807) is 24.3 Å².